The number of carbonyl (C=O) groups is 3. The van der Waals surface area contributed by atoms with Gasteiger partial charge in [-0.2, -0.15) is 0 Å². The number of carbonyl (C=O) groups excluding carboxylic acids is 2. The van der Waals surface area contributed by atoms with Crippen molar-refractivity contribution in [2.24, 2.45) is 5.92 Å². The molecule has 0 aromatic heterocycles. The number of methoxy groups -OCH3 is 1. The highest BCUT2D eigenvalue weighted by Gasteiger charge is 2.32. The zero-order valence-electron chi connectivity index (χ0n) is 10.7. The molecule has 1 amide bonds. The third-order valence-electron chi connectivity index (χ3n) is 3.28. The van der Waals surface area contributed by atoms with Crippen molar-refractivity contribution in [1.82, 2.24) is 4.90 Å². The van der Waals surface area contributed by atoms with Gasteiger partial charge in [-0.05, 0) is 19.8 Å². The van der Waals surface area contributed by atoms with E-state index in [1.54, 1.807) is 4.90 Å². The second-order valence-corrected chi connectivity index (χ2v) is 4.57. The van der Waals surface area contributed by atoms with Gasteiger partial charge in [0.15, 0.2) is 0 Å². The van der Waals surface area contributed by atoms with Gasteiger partial charge in [-0.15, -0.1) is 0 Å². The van der Waals surface area contributed by atoms with Gasteiger partial charge >= 0.3 is 11.9 Å². The van der Waals surface area contributed by atoms with Crippen LogP contribution < -0.4 is 0 Å². The van der Waals surface area contributed by atoms with E-state index in [9.17, 15) is 14.4 Å². The molecule has 1 aliphatic rings. The number of ether oxygens (including phenoxy) is 1. The van der Waals surface area contributed by atoms with Gasteiger partial charge < -0.3 is 14.7 Å². The summed E-state index contributed by atoms with van der Waals surface area (Å²) in [6.45, 7) is 2.35. The van der Waals surface area contributed by atoms with E-state index in [0.29, 0.717) is 19.4 Å². The Bertz CT molecular complexity index is 341. The average molecular weight is 257 g/mol. The van der Waals surface area contributed by atoms with Crippen LogP contribution in [-0.2, 0) is 19.1 Å². The quantitative estimate of drug-likeness (QED) is 0.747. The molecule has 0 aromatic rings. The highest BCUT2D eigenvalue weighted by Crippen LogP contribution is 2.24. The van der Waals surface area contributed by atoms with Crippen molar-refractivity contribution in [2.75, 3.05) is 13.7 Å². The Morgan fingerprint density at radius 2 is 2.00 bits per heavy atom. The van der Waals surface area contributed by atoms with Crippen LogP contribution in [-0.4, -0.2) is 47.5 Å². The van der Waals surface area contributed by atoms with Crippen molar-refractivity contribution < 1.29 is 24.2 Å². The number of carboxylic acids is 1. The number of carboxylic acid groups (broad SMARTS) is 1. The molecule has 1 rings (SSSR count). The summed E-state index contributed by atoms with van der Waals surface area (Å²) in [5.41, 5.74) is 0. The maximum Gasteiger partial charge on any atom is 0.308 e. The standard InChI is InChI=1S/C12H19NO5/c1-8-7-9(12(17)18-2)5-6-13(8)10(14)3-4-11(15)16/h8-9H,3-7H2,1-2H3,(H,15,16)/t8-,9-/m0/s1. The summed E-state index contributed by atoms with van der Waals surface area (Å²) in [6, 6.07) is -0.0517. The lowest BCUT2D eigenvalue weighted by molar-refractivity contribution is -0.150. The molecule has 1 saturated heterocycles. The van der Waals surface area contributed by atoms with Crippen LogP contribution in [0.2, 0.25) is 0 Å². The molecule has 0 bridgehead atoms. The number of hydrogen-bond acceptors (Lipinski definition) is 4. The summed E-state index contributed by atoms with van der Waals surface area (Å²) in [5, 5.41) is 8.54. The van der Waals surface area contributed by atoms with E-state index in [1.807, 2.05) is 6.92 Å². The molecular weight excluding hydrogens is 238 g/mol. The molecule has 0 aliphatic carbocycles. The fourth-order valence-electron chi connectivity index (χ4n) is 2.28. The number of amides is 1. The van der Waals surface area contributed by atoms with Crippen LogP contribution in [0, 0.1) is 5.92 Å². The molecule has 6 heteroatoms. The lowest BCUT2D eigenvalue weighted by atomic mass is 9.91. The predicted molar refractivity (Wildman–Crippen MR) is 62.8 cm³/mol. The summed E-state index contributed by atoms with van der Waals surface area (Å²) in [5.74, 6) is -1.53. The molecule has 0 aromatic carbocycles. The molecule has 102 valence electrons. The third kappa shape index (κ3) is 3.72. The zero-order chi connectivity index (χ0) is 13.7. The van der Waals surface area contributed by atoms with Gasteiger partial charge in [0.05, 0.1) is 19.4 Å². The molecule has 1 aliphatic heterocycles. The number of aliphatic carboxylic acids is 1. The fourth-order valence-corrected chi connectivity index (χ4v) is 2.28. The summed E-state index contributed by atoms with van der Waals surface area (Å²) in [4.78, 5) is 35.3. The van der Waals surface area contributed by atoms with E-state index >= 15 is 0 Å². The Balaban J connectivity index is 2.49. The first-order valence-electron chi connectivity index (χ1n) is 6.04. The molecular formula is C12H19NO5. The van der Waals surface area contributed by atoms with Gasteiger partial charge in [0.1, 0.15) is 0 Å². The van der Waals surface area contributed by atoms with Crippen LogP contribution in [0.1, 0.15) is 32.6 Å². The van der Waals surface area contributed by atoms with Crippen molar-refractivity contribution in [3.63, 3.8) is 0 Å². The number of piperidine rings is 1. The van der Waals surface area contributed by atoms with Crippen LogP contribution >= 0.6 is 0 Å². The SMILES string of the molecule is COC(=O)[C@H]1CCN(C(=O)CCC(=O)O)[C@@H](C)C1. The Hall–Kier alpha value is -1.59. The second kappa shape index (κ2) is 6.37. The van der Waals surface area contributed by atoms with Crippen molar-refractivity contribution in [3.05, 3.63) is 0 Å². The molecule has 1 N–H and O–H groups in total. The first-order valence-corrected chi connectivity index (χ1v) is 6.04. The average Bonchev–Trinajstić information content (AvgIpc) is 2.34. The van der Waals surface area contributed by atoms with Crippen molar-refractivity contribution >= 4 is 17.8 Å². The number of likely N-dealkylation sites (tertiary alicyclic amines) is 1. The van der Waals surface area contributed by atoms with Crippen LogP contribution in [0.5, 0.6) is 0 Å². The first-order chi connectivity index (χ1) is 8.45. The number of rotatable bonds is 4. The molecule has 18 heavy (non-hydrogen) atoms. The Morgan fingerprint density at radius 3 is 2.50 bits per heavy atom. The number of esters is 1. The molecule has 0 spiro atoms. The third-order valence-corrected chi connectivity index (χ3v) is 3.28. The lowest BCUT2D eigenvalue weighted by Gasteiger charge is -2.36. The zero-order valence-corrected chi connectivity index (χ0v) is 10.7. The monoisotopic (exact) mass is 257 g/mol. The van der Waals surface area contributed by atoms with Crippen molar-refractivity contribution in [1.29, 1.82) is 0 Å². The van der Waals surface area contributed by atoms with Crippen LogP contribution in [0.4, 0.5) is 0 Å². The minimum Gasteiger partial charge on any atom is -0.481 e. The molecule has 1 heterocycles. The highest BCUT2D eigenvalue weighted by atomic mass is 16.5. The normalized spacial score (nSPS) is 23.6. The van der Waals surface area contributed by atoms with E-state index in [0.717, 1.165) is 0 Å². The maximum absolute atomic E-state index is 11.8. The number of nitrogens with zero attached hydrogens (tertiary/aromatic N) is 1. The van der Waals surface area contributed by atoms with E-state index in [2.05, 4.69) is 0 Å². The fraction of sp³-hybridized carbons (Fsp3) is 0.750. The van der Waals surface area contributed by atoms with E-state index in [4.69, 9.17) is 9.84 Å². The van der Waals surface area contributed by atoms with Gasteiger partial charge in [0, 0.05) is 19.0 Å². The van der Waals surface area contributed by atoms with Gasteiger partial charge in [0.25, 0.3) is 0 Å². The number of hydrogen-bond donors (Lipinski definition) is 1. The van der Waals surface area contributed by atoms with Gasteiger partial charge in [-0.3, -0.25) is 14.4 Å². The Labute approximate surface area is 106 Å². The minimum atomic E-state index is -0.972. The summed E-state index contributed by atoms with van der Waals surface area (Å²) in [7, 11) is 1.36. The van der Waals surface area contributed by atoms with Gasteiger partial charge in [-0.25, -0.2) is 0 Å². The molecule has 2 atom stereocenters. The molecule has 1 fully saturated rings. The van der Waals surface area contributed by atoms with E-state index < -0.39 is 5.97 Å². The summed E-state index contributed by atoms with van der Waals surface area (Å²) >= 11 is 0. The lowest BCUT2D eigenvalue weighted by Crippen LogP contribution is -2.46. The molecule has 6 nitrogen and oxygen atoms in total. The topological polar surface area (TPSA) is 83.9 Å². The van der Waals surface area contributed by atoms with E-state index in [-0.39, 0.29) is 36.7 Å². The van der Waals surface area contributed by atoms with Gasteiger partial charge in [-0.1, -0.05) is 0 Å². The van der Waals surface area contributed by atoms with Crippen molar-refractivity contribution in [3.8, 4) is 0 Å². The largest absolute Gasteiger partial charge is 0.481 e. The maximum atomic E-state index is 11.8. The summed E-state index contributed by atoms with van der Waals surface area (Å²) < 4.78 is 4.69. The Morgan fingerprint density at radius 1 is 1.33 bits per heavy atom. The van der Waals surface area contributed by atoms with Crippen molar-refractivity contribution in [2.45, 2.75) is 38.6 Å². The predicted octanol–water partition coefficient (Wildman–Crippen LogP) is 0.651. The van der Waals surface area contributed by atoms with Crippen LogP contribution in [0.25, 0.3) is 0 Å². The van der Waals surface area contributed by atoms with E-state index in [1.165, 1.54) is 7.11 Å². The second-order valence-electron chi connectivity index (χ2n) is 4.57. The Kier molecular flexibility index (Phi) is 5.12. The van der Waals surface area contributed by atoms with Gasteiger partial charge in [0.2, 0.25) is 5.91 Å². The van der Waals surface area contributed by atoms with Crippen LogP contribution in [0.15, 0.2) is 0 Å². The smallest absolute Gasteiger partial charge is 0.308 e. The first kappa shape index (κ1) is 14.5. The molecule has 0 saturated carbocycles. The molecule has 0 unspecified atom stereocenters. The highest BCUT2D eigenvalue weighted by molar-refractivity contribution is 5.81. The van der Waals surface area contributed by atoms with Crippen LogP contribution in [0.3, 0.4) is 0 Å². The molecule has 0 radical (unpaired) electrons. The summed E-state index contributed by atoms with van der Waals surface area (Å²) in [6.07, 6.45) is 1.02. The minimum absolute atomic E-state index is 0.0164.